The van der Waals surface area contributed by atoms with Crippen LogP contribution >= 0.6 is 7.82 Å². The van der Waals surface area contributed by atoms with Crippen molar-refractivity contribution in [1.82, 2.24) is 0 Å². The Hall–Kier alpha value is -3.21. The van der Waals surface area contributed by atoms with E-state index in [1.54, 1.807) is 24.3 Å². The van der Waals surface area contributed by atoms with E-state index < -0.39 is 13.4 Å². The molecule has 0 radical (unpaired) electrons. The second-order valence-corrected chi connectivity index (χ2v) is 8.16. The summed E-state index contributed by atoms with van der Waals surface area (Å²) in [6.45, 7) is 0. The molecule has 0 unspecified atom stereocenters. The van der Waals surface area contributed by atoms with Crippen molar-refractivity contribution in [3.05, 3.63) is 138 Å². The summed E-state index contributed by atoms with van der Waals surface area (Å²) >= 11 is 0. The first-order valence-electron chi connectivity index (χ1n) is 9.79. The molecule has 2 N–H and O–H groups in total. The fourth-order valence-corrected chi connectivity index (χ4v) is 4.29. The molecule has 0 atom stereocenters. The lowest BCUT2D eigenvalue weighted by atomic mass is 9.76. The van der Waals surface area contributed by atoms with Gasteiger partial charge in [0.15, 0.2) is 0 Å². The molecular formula is C25H22NO4P. The maximum absolute atomic E-state index is 12.2. The van der Waals surface area contributed by atoms with Crippen LogP contribution in [-0.2, 0) is 14.7 Å². The van der Waals surface area contributed by atoms with Gasteiger partial charge >= 0.3 is 7.82 Å². The van der Waals surface area contributed by atoms with E-state index in [1.165, 1.54) is 5.06 Å². The van der Waals surface area contributed by atoms with E-state index in [0.717, 1.165) is 16.7 Å². The summed E-state index contributed by atoms with van der Waals surface area (Å²) in [6.07, 6.45) is 0. The van der Waals surface area contributed by atoms with Crippen molar-refractivity contribution >= 4 is 13.5 Å². The molecule has 0 bridgehead atoms. The van der Waals surface area contributed by atoms with E-state index >= 15 is 0 Å². The Morgan fingerprint density at radius 2 is 0.903 bits per heavy atom. The van der Waals surface area contributed by atoms with Crippen LogP contribution in [0.4, 0.5) is 5.69 Å². The highest BCUT2D eigenvalue weighted by Crippen LogP contribution is 2.50. The molecule has 5 nitrogen and oxygen atoms in total. The largest absolute Gasteiger partial charge is 0.491 e. The molecule has 4 aromatic carbocycles. The van der Waals surface area contributed by atoms with Gasteiger partial charge in [0.2, 0.25) is 0 Å². The minimum atomic E-state index is -4.92. The first-order valence-corrected chi connectivity index (χ1v) is 11.3. The quantitative estimate of drug-likeness (QED) is 0.229. The van der Waals surface area contributed by atoms with E-state index in [0.29, 0.717) is 5.69 Å². The number of nitrogens with zero attached hydrogens (tertiary/aromatic N) is 1. The second kappa shape index (κ2) is 8.88. The lowest BCUT2D eigenvalue weighted by Crippen LogP contribution is -2.48. The zero-order chi connectivity index (χ0) is 21.7. The number of hydroxylamine groups is 1. The Morgan fingerprint density at radius 3 is 1.23 bits per heavy atom. The summed E-state index contributed by atoms with van der Waals surface area (Å²) < 4.78 is 17.6. The topological polar surface area (TPSA) is 70.0 Å². The van der Waals surface area contributed by atoms with Crippen LogP contribution in [0.1, 0.15) is 16.7 Å². The van der Waals surface area contributed by atoms with Crippen LogP contribution in [-0.4, -0.2) is 9.79 Å². The Labute approximate surface area is 181 Å². The SMILES string of the molecule is O=P(O)(O)ON(c1ccccc1)C(c1ccccc1)(c1ccccc1)c1ccccc1. The van der Waals surface area contributed by atoms with Crippen LogP contribution in [0.25, 0.3) is 0 Å². The number of hydrogen-bond acceptors (Lipinski definition) is 3. The van der Waals surface area contributed by atoms with Crippen molar-refractivity contribution in [2.24, 2.45) is 0 Å². The lowest BCUT2D eigenvalue weighted by Gasteiger charge is -2.45. The first-order chi connectivity index (χ1) is 15.0. The van der Waals surface area contributed by atoms with Crippen LogP contribution in [0.2, 0.25) is 0 Å². The van der Waals surface area contributed by atoms with Gasteiger partial charge in [-0.15, -0.1) is 0 Å². The highest BCUT2D eigenvalue weighted by Gasteiger charge is 2.46. The van der Waals surface area contributed by atoms with Crippen LogP contribution < -0.4 is 5.06 Å². The van der Waals surface area contributed by atoms with Crippen LogP contribution in [0, 0.1) is 0 Å². The Kier molecular flexibility index (Phi) is 6.03. The zero-order valence-corrected chi connectivity index (χ0v) is 17.5. The van der Waals surface area contributed by atoms with Gasteiger partial charge in [0, 0.05) is 0 Å². The van der Waals surface area contributed by atoms with Gasteiger partial charge in [0.05, 0.1) is 5.69 Å². The lowest BCUT2D eigenvalue weighted by molar-refractivity contribution is 0.146. The molecule has 0 saturated heterocycles. The molecule has 4 aromatic rings. The van der Waals surface area contributed by atoms with Gasteiger partial charge in [0.1, 0.15) is 5.54 Å². The van der Waals surface area contributed by atoms with E-state index in [9.17, 15) is 14.4 Å². The van der Waals surface area contributed by atoms with E-state index in [2.05, 4.69) is 0 Å². The van der Waals surface area contributed by atoms with Crippen molar-refractivity contribution in [3.8, 4) is 0 Å². The molecule has 4 rings (SSSR count). The van der Waals surface area contributed by atoms with Crippen LogP contribution in [0.15, 0.2) is 121 Å². The van der Waals surface area contributed by atoms with Gasteiger partial charge < -0.3 is 9.79 Å². The predicted molar refractivity (Wildman–Crippen MR) is 121 cm³/mol. The van der Waals surface area contributed by atoms with E-state index in [4.69, 9.17) is 4.62 Å². The minimum absolute atomic E-state index is 0.502. The number of para-hydroxylation sites is 1. The number of hydrogen-bond donors (Lipinski definition) is 2. The second-order valence-electron chi connectivity index (χ2n) is 7.01. The maximum atomic E-state index is 12.2. The first kappa shape index (κ1) is 21.0. The van der Waals surface area contributed by atoms with Gasteiger partial charge in [-0.1, -0.05) is 109 Å². The van der Waals surface area contributed by atoms with Gasteiger partial charge in [-0.2, -0.15) is 4.62 Å². The maximum Gasteiger partial charge on any atom is 0.491 e. The molecule has 156 valence electrons. The molecule has 0 heterocycles. The molecule has 0 aliphatic heterocycles. The minimum Gasteiger partial charge on any atom is -0.301 e. The Bertz CT molecular complexity index is 1050. The van der Waals surface area contributed by atoms with Gasteiger partial charge in [-0.3, -0.25) is 0 Å². The summed E-state index contributed by atoms with van der Waals surface area (Å²) in [5.41, 5.74) is 1.72. The Morgan fingerprint density at radius 1 is 0.581 bits per heavy atom. The third-order valence-electron chi connectivity index (χ3n) is 5.06. The number of benzene rings is 4. The average molecular weight is 431 g/mol. The van der Waals surface area contributed by atoms with Crippen LogP contribution in [0.3, 0.4) is 0 Å². The smallest absolute Gasteiger partial charge is 0.301 e. The molecule has 6 heteroatoms. The van der Waals surface area contributed by atoms with Crippen molar-refractivity contribution in [2.75, 3.05) is 5.06 Å². The number of rotatable bonds is 7. The molecule has 0 aliphatic carbocycles. The van der Waals surface area contributed by atoms with Crippen molar-refractivity contribution in [2.45, 2.75) is 5.54 Å². The molecule has 0 spiro atoms. The predicted octanol–water partition coefficient (Wildman–Crippen LogP) is 5.51. The molecular weight excluding hydrogens is 409 g/mol. The zero-order valence-electron chi connectivity index (χ0n) is 16.7. The third-order valence-corrected chi connectivity index (χ3v) is 5.43. The summed E-state index contributed by atoms with van der Waals surface area (Å²) in [5, 5.41) is 1.33. The summed E-state index contributed by atoms with van der Waals surface area (Å²) in [4.78, 5) is 19.8. The van der Waals surface area contributed by atoms with Crippen molar-refractivity contribution < 1.29 is 19.0 Å². The Balaban J connectivity index is 2.13. The van der Waals surface area contributed by atoms with Gasteiger partial charge in [0.25, 0.3) is 0 Å². The van der Waals surface area contributed by atoms with Gasteiger partial charge in [-0.25, -0.2) is 9.63 Å². The third kappa shape index (κ3) is 4.31. The molecule has 0 fully saturated rings. The number of anilines is 1. The molecule has 31 heavy (non-hydrogen) atoms. The molecule has 0 saturated carbocycles. The molecule has 0 amide bonds. The number of phosphoric acid groups is 1. The van der Waals surface area contributed by atoms with E-state index in [-0.39, 0.29) is 0 Å². The highest BCUT2D eigenvalue weighted by atomic mass is 31.2. The summed E-state index contributed by atoms with van der Waals surface area (Å²) in [6, 6.07) is 37.7. The fraction of sp³-hybridized carbons (Fsp3) is 0.0400. The monoisotopic (exact) mass is 431 g/mol. The van der Waals surface area contributed by atoms with E-state index in [1.807, 2.05) is 97.1 Å². The summed E-state index contributed by atoms with van der Waals surface area (Å²) in [5.74, 6) is 0. The van der Waals surface area contributed by atoms with Crippen molar-refractivity contribution in [3.63, 3.8) is 0 Å². The average Bonchev–Trinajstić information content (AvgIpc) is 2.81. The standard InChI is InChI=1S/C25H22NO4P/c27-31(28,29)30-26(24-19-11-4-12-20-24)25(21-13-5-1-6-14-21,22-15-7-2-8-16-22)23-17-9-3-10-18-23/h1-20H,(H2,27,28,29). The normalized spacial score (nSPS) is 11.8. The highest BCUT2D eigenvalue weighted by molar-refractivity contribution is 7.46. The molecule has 0 aliphatic rings. The van der Waals surface area contributed by atoms with Crippen LogP contribution in [0.5, 0.6) is 0 Å². The van der Waals surface area contributed by atoms with Crippen molar-refractivity contribution in [1.29, 1.82) is 0 Å². The summed E-state index contributed by atoms with van der Waals surface area (Å²) in [7, 11) is -4.92. The molecule has 0 aromatic heterocycles. The van der Waals surface area contributed by atoms with Gasteiger partial charge in [-0.05, 0) is 28.8 Å². The fourth-order valence-electron chi connectivity index (χ4n) is 3.86.